The van der Waals surface area contributed by atoms with Gasteiger partial charge in [-0.05, 0) is 50.1 Å². The van der Waals surface area contributed by atoms with E-state index in [4.69, 9.17) is 9.47 Å². The van der Waals surface area contributed by atoms with Crippen LogP contribution >= 0.6 is 11.3 Å². The summed E-state index contributed by atoms with van der Waals surface area (Å²) in [5.41, 5.74) is 3.74. The van der Waals surface area contributed by atoms with Gasteiger partial charge in [0.25, 0.3) is 11.5 Å². The number of allylic oxidation sites excluding steroid dienone is 1. The van der Waals surface area contributed by atoms with Crippen LogP contribution in [0.4, 0.5) is 5.69 Å². The van der Waals surface area contributed by atoms with Gasteiger partial charge in [0.05, 0.1) is 48.3 Å². The van der Waals surface area contributed by atoms with Crippen LogP contribution in [0.5, 0.6) is 5.75 Å². The molecule has 0 radical (unpaired) electrons. The van der Waals surface area contributed by atoms with Gasteiger partial charge in [0, 0.05) is 5.56 Å². The van der Waals surface area contributed by atoms with E-state index >= 15 is 0 Å². The monoisotopic (exact) mass is 579 g/mol. The Labute approximate surface area is 246 Å². The number of carbonyl (C=O) groups excluding carboxylic acids is 2. The number of esters is 1. The number of benzene rings is 3. The molecule has 0 bridgehead atoms. The summed E-state index contributed by atoms with van der Waals surface area (Å²) in [4.78, 5) is 48.6. The molecule has 0 saturated carbocycles. The highest BCUT2D eigenvalue weighted by Crippen LogP contribution is 2.37. The highest BCUT2D eigenvalue weighted by atomic mass is 32.1. The molecule has 1 atom stereocenters. The molecule has 6 rings (SSSR count). The van der Waals surface area contributed by atoms with Gasteiger partial charge < -0.3 is 14.4 Å². The van der Waals surface area contributed by atoms with Crippen molar-refractivity contribution in [2.75, 3.05) is 12.0 Å². The van der Waals surface area contributed by atoms with Crippen LogP contribution in [0.2, 0.25) is 0 Å². The molecular weight excluding hydrogens is 550 g/mol. The summed E-state index contributed by atoms with van der Waals surface area (Å²) in [6.07, 6.45) is -0.362. The first-order chi connectivity index (χ1) is 20.3. The number of carbonyl (C=O) groups is 2. The lowest BCUT2D eigenvalue weighted by atomic mass is 9.95. The number of methoxy groups -OCH3 is 1. The second kappa shape index (κ2) is 10.9. The lowest BCUT2D eigenvalue weighted by Crippen LogP contribution is -2.41. The minimum absolute atomic E-state index is 0.251. The van der Waals surface area contributed by atoms with Gasteiger partial charge in [0.1, 0.15) is 10.3 Å². The van der Waals surface area contributed by atoms with E-state index in [1.54, 1.807) is 44.9 Å². The zero-order valence-corrected chi connectivity index (χ0v) is 24.5. The molecule has 42 heavy (non-hydrogen) atoms. The Bertz CT molecular complexity index is 1940. The maximum absolute atomic E-state index is 14.4. The lowest BCUT2D eigenvalue weighted by Gasteiger charge is -2.25. The molecule has 0 fully saturated rings. The van der Waals surface area contributed by atoms with Gasteiger partial charge in [-0.1, -0.05) is 72.0 Å². The van der Waals surface area contributed by atoms with E-state index in [-0.39, 0.29) is 22.1 Å². The predicted molar refractivity (Wildman–Crippen MR) is 161 cm³/mol. The number of fused-ring (bicyclic) bond motifs is 2. The minimum atomic E-state index is -0.816. The fraction of sp³-hybridized carbons (Fsp3) is 0.212. The molecule has 2 aliphatic heterocycles. The molecule has 8 nitrogen and oxygen atoms in total. The van der Waals surface area contributed by atoms with E-state index in [1.165, 1.54) is 4.57 Å². The molecule has 0 spiro atoms. The van der Waals surface area contributed by atoms with Gasteiger partial charge in [-0.2, -0.15) is 0 Å². The van der Waals surface area contributed by atoms with Crippen molar-refractivity contribution in [3.63, 3.8) is 0 Å². The molecule has 2 aliphatic rings. The van der Waals surface area contributed by atoms with E-state index in [9.17, 15) is 14.4 Å². The van der Waals surface area contributed by atoms with Gasteiger partial charge in [0.15, 0.2) is 4.80 Å². The molecular formula is C33H29N3O5S. The second-order valence-corrected chi connectivity index (χ2v) is 11.4. The Morgan fingerprint density at radius 1 is 1.00 bits per heavy atom. The summed E-state index contributed by atoms with van der Waals surface area (Å²) >= 11 is 1.16. The Morgan fingerprint density at radius 2 is 1.74 bits per heavy atom. The van der Waals surface area contributed by atoms with Crippen molar-refractivity contribution < 1.29 is 19.1 Å². The largest absolute Gasteiger partial charge is 0.497 e. The first-order valence-corrected chi connectivity index (χ1v) is 14.5. The van der Waals surface area contributed by atoms with Crippen LogP contribution in [0.25, 0.3) is 5.57 Å². The van der Waals surface area contributed by atoms with Crippen LogP contribution in [-0.2, 0) is 20.9 Å². The third kappa shape index (κ3) is 4.65. The Morgan fingerprint density at radius 3 is 2.48 bits per heavy atom. The molecule has 1 aromatic heterocycles. The van der Waals surface area contributed by atoms with Crippen LogP contribution in [0.15, 0.2) is 99.9 Å². The molecule has 0 unspecified atom stereocenters. The number of para-hydroxylation sites is 1. The molecule has 3 aromatic carbocycles. The molecule has 0 N–H and O–H groups in total. The highest BCUT2D eigenvalue weighted by molar-refractivity contribution is 7.07. The summed E-state index contributed by atoms with van der Waals surface area (Å²) in [7, 11) is 1.56. The van der Waals surface area contributed by atoms with Crippen molar-refractivity contribution >= 4 is 34.5 Å². The molecule has 1 amide bonds. The van der Waals surface area contributed by atoms with Crippen molar-refractivity contribution in [2.45, 2.75) is 39.5 Å². The van der Waals surface area contributed by atoms with Crippen molar-refractivity contribution in [2.24, 2.45) is 4.99 Å². The van der Waals surface area contributed by atoms with Crippen LogP contribution in [0, 0.1) is 0 Å². The zero-order chi connectivity index (χ0) is 29.5. The number of ether oxygens (including phenoxy) is 2. The van der Waals surface area contributed by atoms with Crippen molar-refractivity contribution in [1.29, 1.82) is 0 Å². The molecule has 212 valence electrons. The minimum Gasteiger partial charge on any atom is -0.497 e. The number of hydrogen-bond donors (Lipinski definition) is 0. The third-order valence-corrected chi connectivity index (χ3v) is 8.36. The van der Waals surface area contributed by atoms with Gasteiger partial charge in [-0.25, -0.2) is 9.79 Å². The number of thiazole rings is 1. The summed E-state index contributed by atoms with van der Waals surface area (Å²) < 4.78 is 12.8. The Balaban J connectivity index is 1.58. The van der Waals surface area contributed by atoms with E-state index in [1.807, 2.05) is 66.7 Å². The van der Waals surface area contributed by atoms with Crippen LogP contribution in [0.3, 0.4) is 0 Å². The van der Waals surface area contributed by atoms with E-state index < -0.39 is 17.6 Å². The van der Waals surface area contributed by atoms with Crippen LogP contribution in [0.1, 0.15) is 43.5 Å². The average molecular weight is 580 g/mol. The third-order valence-electron chi connectivity index (χ3n) is 7.30. The molecule has 0 saturated heterocycles. The number of anilines is 1. The summed E-state index contributed by atoms with van der Waals surface area (Å²) in [6.45, 7) is 5.66. The number of hydrogen-bond acceptors (Lipinski definition) is 7. The maximum atomic E-state index is 14.4. The SMILES string of the molecule is COc1cccc([C@H]2C(C(=O)OC(C)C)=C(C)N=c3s/c(=C4/C(=O)N(Cc5ccccc5)c5ccccc54)c(=O)n32)c1. The van der Waals surface area contributed by atoms with Gasteiger partial charge in [-0.3, -0.25) is 14.2 Å². The summed E-state index contributed by atoms with van der Waals surface area (Å²) in [5.74, 6) is -0.216. The number of rotatable bonds is 6. The fourth-order valence-corrected chi connectivity index (χ4v) is 6.60. The zero-order valence-electron chi connectivity index (χ0n) is 23.7. The number of nitrogens with zero attached hydrogens (tertiary/aromatic N) is 3. The Kier molecular flexibility index (Phi) is 7.12. The van der Waals surface area contributed by atoms with Crippen LogP contribution < -0.4 is 24.5 Å². The van der Waals surface area contributed by atoms with Gasteiger partial charge in [0.2, 0.25) is 0 Å². The van der Waals surface area contributed by atoms with E-state index in [2.05, 4.69) is 4.99 Å². The second-order valence-electron chi connectivity index (χ2n) is 10.4. The molecule has 4 aromatic rings. The lowest BCUT2D eigenvalue weighted by molar-refractivity contribution is -0.143. The molecule has 0 aliphatic carbocycles. The first kappa shape index (κ1) is 27.4. The quantitative estimate of drug-likeness (QED) is 0.321. The van der Waals surface area contributed by atoms with Gasteiger partial charge >= 0.3 is 5.97 Å². The topological polar surface area (TPSA) is 90.2 Å². The van der Waals surface area contributed by atoms with E-state index in [0.717, 1.165) is 22.6 Å². The molecule has 9 heteroatoms. The number of amides is 1. The Hall–Kier alpha value is -4.76. The van der Waals surface area contributed by atoms with Gasteiger partial charge in [-0.15, -0.1) is 0 Å². The average Bonchev–Trinajstić information content (AvgIpc) is 3.44. The van der Waals surface area contributed by atoms with Crippen molar-refractivity contribution in [1.82, 2.24) is 4.57 Å². The van der Waals surface area contributed by atoms with E-state index in [0.29, 0.717) is 39.5 Å². The number of aromatic nitrogens is 1. The summed E-state index contributed by atoms with van der Waals surface area (Å²) in [6, 6.07) is 23.7. The van der Waals surface area contributed by atoms with Crippen LogP contribution in [-0.4, -0.2) is 29.7 Å². The highest BCUT2D eigenvalue weighted by Gasteiger charge is 2.37. The van der Waals surface area contributed by atoms with Crippen molar-refractivity contribution in [3.05, 3.63) is 127 Å². The fourth-order valence-electron chi connectivity index (χ4n) is 5.46. The maximum Gasteiger partial charge on any atom is 0.338 e. The predicted octanol–water partition coefficient (Wildman–Crippen LogP) is 4.11. The summed E-state index contributed by atoms with van der Waals surface area (Å²) in [5, 5.41) is 0. The molecule has 3 heterocycles. The normalized spacial score (nSPS) is 17.2. The first-order valence-electron chi connectivity index (χ1n) is 13.6. The standard InChI is InChI=1S/C33H29N3O5S/c1-19(2)41-32(39)26-20(3)34-33-36(28(26)22-13-10-14-23(17-22)40-4)31(38)29(42-33)27-24-15-8-9-16-25(24)35(30(27)37)18-21-11-6-5-7-12-21/h5-17,19,28H,18H2,1-4H3/b29-27+/t28-/m0/s1. The van der Waals surface area contributed by atoms with Crippen molar-refractivity contribution in [3.8, 4) is 5.75 Å². The smallest absolute Gasteiger partial charge is 0.338 e.